The molecule has 0 saturated carbocycles. The first-order chi connectivity index (χ1) is 12.5. The number of nitrogens with one attached hydrogen (secondary N) is 1. The zero-order valence-corrected chi connectivity index (χ0v) is 15.1. The third-order valence-electron chi connectivity index (χ3n) is 4.35. The number of nitrogens with zero attached hydrogens (tertiary/aromatic N) is 2. The molecule has 0 saturated heterocycles. The minimum absolute atomic E-state index is 0.192. The number of aryl methyl sites for hydroxylation is 2. The van der Waals surface area contributed by atoms with Crippen LogP contribution in [-0.2, 0) is 0 Å². The quantitative estimate of drug-likeness (QED) is 0.551. The van der Waals surface area contributed by atoms with Crippen LogP contribution in [0.25, 0.3) is 16.2 Å². The molecule has 4 nitrogen and oxygen atoms in total. The predicted molar refractivity (Wildman–Crippen MR) is 102 cm³/mol. The van der Waals surface area contributed by atoms with Gasteiger partial charge in [0.25, 0.3) is 5.91 Å². The van der Waals surface area contributed by atoms with Crippen molar-refractivity contribution in [1.29, 1.82) is 0 Å². The summed E-state index contributed by atoms with van der Waals surface area (Å²) < 4.78 is 14.9. The van der Waals surface area contributed by atoms with Crippen molar-refractivity contribution in [2.45, 2.75) is 13.8 Å². The molecule has 2 aromatic carbocycles. The van der Waals surface area contributed by atoms with E-state index in [9.17, 15) is 9.18 Å². The molecule has 0 aliphatic heterocycles. The molecule has 0 spiro atoms. The SMILES string of the molecule is Cc1ccc(NC(=O)c2csc3nc(-c4ccc(F)cc4)cn23)cc1C. The first kappa shape index (κ1) is 16.5. The van der Waals surface area contributed by atoms with Gasteiger partial charge in [-0.05, 0) is 61.4 Å². The van der Waals surface area contributed by atoms with E-state index in [0.717, 1.165) is 21.8 Å². The van der Waals surface area contributed by atoms with Crippen LogP contribution in [0.5, 0.6) is 0 Å². The number of carbonyl (C=O) groups excluding carboxylic acids is 1. The summed E-state index contributed by atoms with van der Waals surface area (Å²) in [4.78, 5) is 17.9. The lowest BCUT2D eigenvalue weighted by atomic mass is 10.1. The third kappa shape index (κ3) is 2.99. The number of imidazole rings is 1. The lowest BCUT2D eigenvalue weighted by Gasteiger charge is -2.07. The van der Waals surface area contributed by atoms with Crippen LogP contribution in [0.15, 0.2) is 54.0 Å². The minimum atomic E-state index is -0.289. The Hall–Kier alpha value is -2.99. The zero-order chi connectivity index (χ0) is 18.3. The summed E-state index contributed by atoms with van der Waals surface area (Å²) in [7, 11) is 0. The van der Waals surface area contributed by atoms with Crippen LogP contribution in [0.2, 0.25) is 0 Å². The highest BCUT2D eigenvalue weighted by Gasteiger charge is 2.15. The topological polar surface area (TPSA) is 46.4 Å². The summed E-state index contributed by atoms with van der Waals surface area (Å²) in [6.07, 6.45) is 1.80. The number of hydrogen-bond donors (Lipinski definition) is 1. The number of aromatic nitrogens is 2. The summed E-state index contributed by atoms with van der Waals surface area (Å²) >= 11 is 1.39. The molecule has 0 aliphatic carbocycles. The van der Waals surface area contributed by atoms with Gasteiger partial charge in [0.05, 0.1) is 5.69 Å². The summed E-state index contributed by atoms with van der Waals surface area (Å²) in [5, 5.41) is 4.72. The van der Waals surface area contributed by atoms with Crippen molar-refractivity contribution >= 4 is 27.9 Å². The smallest absolute Gasteiger partial charge is 0.273 e. The molecular weight excluding hydrogens is 349 g/mol. The van der Waals surface area contributed by atoms with E-state index in [4.69, 9.17) is 0 Å². The minimum Gasteiger partial charge on any atom is -0.321 e. The number of halogens is 1. The van der Waals surface area contributed by atoms with Gasteiger partial charge in [0, 0.05) is 22.8 Å². The fraction of sp³-hybridized carbons (Fsp3) is 0.100. The Labute approximate surface area is 153 Å². The molecule has 26 heavy (non-hydrogen) atoms. The van der Waals surface area contributed by atoms with Crippen LogP contribution in [-0.4, -0.2) is 15.3 Å². The van der Waals surface area contributed by atoms with Crippen LogP contribution in [0, 0.1) is 19.7 Å². The third-order valence-corrected chi connectivity index (χ3v) is 5.19. The van der Waals surface area contributed by atoms with E-state index in [1.807, 2.05) is 32.0 Å². The van der Waals surface area contributed by atoms with Gasteiger partial charge in [-0.1, -0.05) is 6.07 Å². The van der Waals surface area contributed by atoms with Crippen molar-refractivity contribution in [2.75, 3.05) is 5.32 Å². The van der Waals surface area contributed by atoms with Gasteiger partial charge in [0.1, 0.15) is 11.5 Å². The van der Waals surface area contributed by atoms with Gasteiger partial charge in [-0.3, -0.25) is 9.20 Å². The summed E-state index contributed by atoms with van der Waals surface area (Å²) in [5.74, 6) is -0.481. The monoisotopic (exact) mass is 365 g/mol. The Morgan fingerprint density at radius 2 is 1.88 bits per heavy atom. The number of amides is 1. The number of rotatable bonds is 3. The lowest BCUT2D eigenvalue weighted by molar-refractivity contribution is 0.102. The first-order valence-electron chi connectivity index (χ1n) is 8.12. The Bertz CT molecular complexity index is 1110. The van der Waals surface area contributed by atoms with Crippen LogP contribution in [0.3, 0.4) is 0 Å². The van der Waals surface area contributed by atoms with E-state index < -0.39 is 0 Å². The molecule has 0 fully saturated rings. The highest BCUT2D eigenvalue weighted by Crippen LogP contribution is 2.24. The second-order valence-electron chi connectivity index (χ2n) is 6.16. The molecule has 0 radical (unpaired) electrons. The first-order valence-corrected chi connectivity index (χ1v) is 9.00. The highest BCUT2D eigenvalue weighted by molar-refractivity contribution is 7.15. The lowest BCUT2D eigenvalue weighted by Crippen LogP contribution is -2.14. The molecule has 0 atom stereocenters. The van der Waals surface area contributed by atoms with Crippen molar-refractivity contribution in [3.63, 3.8) is 0 Å². The molecule has 1 amide bonds. The molecular formula is C20H16FN3OS. The van der Waals surface area contributed by atoms with Gasteiger partial charge in [0.15, 0.2) is 4.96 Å². The molecule has 6 heteroatoms. The van der Waals surface area contributed by atoms with E-state index in [0.29, 0.717) is 11.4 Å². The van der Waals surface area contributed by atoms with E-state index >= 15 is 0 Å². The Morgan fingerprint density at radius 3 is 2.62 bits per heavy atom. The molecule has 0 bridgehead atoms. The van der Waals surface area contributed by atoms with Gasteiger partial charge in [-0.15, -0.1) is 11.3 Å². The number of carbonyl (C=O) groups is 1. The van der Waals surface area contributed by atoms with Gasteiger partial charge >= 0.3 is 0 Å². The van der Waals surface area contributed by atoms with Crippen molar-refractivity contribution in [3.05, 3.63) is 76.7 Å². The van der Waals surface area contributed by atoms with Crippen molar-refractivity contribution in [1.82, 2.24) is 9.38 Å². The molecule has 4 rings (SSSR count). The molecule has 1 N–H and O–H groups in total. The number of fused-ring (bicyclic) bond motifs is 1. The molecule has 0 aliphatic rings. The second kappa shape index (κ2) is 6.38. The van der Waals surface area contributed by atoms with E-state index in [1.165, 1.54) is 29.0 Å². The van der Waals surface area contributed by atoms with Crippen LogP contribution in [0.1, 0.15) is 21.6 Å². The Kier molecular flexibility index (Phi) is 4.05. The Balaban J connectivity index is 1.64. The normalized spacial score (nSPS) is 11.0. The Morgan fingerprint density at radius 1 is 1.12 bits per heavy atom. The van der Waals surface area contributed by atoms with Gasteiger partial charge in [-0.2, -0.15) is 0 Å². The van der Waals surface area contributed by atoms with Crippen LogP contribution < -0.4 is 5.32 Å². The average Bonchev–Trinajstić information content (AvgIpc) is 3.19. The van der Waals surface area contributed by atoms with Crippen LogP contribution in [0.4, 0.5) is 10.1 Å². The maximum absolute atomic E-state index is 13.1. The molecule has 2 heterocycles. The van der Waals surface area contributed by atoms with Gasteiger partial charge < -0.3 is 5.32 Å². The summed E-state index contributed by atoms with van der Waals surface area (Å²) in [6, 6.07) is 12.0. The maximum atomic E-state index is 13.1. The molecule has 4 aromatic rings. The molecule has 130 valence electrons. The fourth-order valence-corrected chi connectivity index (χ4v) is 3.57. The molecule has 0 unspecified atom stereocenters. The largest absolute Gasteiger partial charge is 0.321 e. The number of thiazole rings is 1. The van der Waals surface area contributed by atoms with Gasteiger partial charge in [-0.25, -0.2) is 9.37 Å². The van der Waals surface area contributed by atoms with Crippen molar-refractivity contribution < 1.29 is 9.18 Å². The number of hydrogen-bond acceptors (Lipinski definition) is 3. The summed E-state index contributed by atoms with van der Waals surface area (Å²) in [5.41, 5.74) is 5.10. The average molecular weight is 365 g/mol. The van der Waals surface area contributed by atoms with Crippen LogP contribution >= 0.6 is 11.3 Å². The van der Waals surface area contributed by atoms with E-state index in [1.54, 1.807) is 28.1 Å². The van der Waals surface area contributed by atoms with E-state index in [-0.39, 0.29) is 11.7 Å². The maximum Gasteiger partial charge on any atom is 0.273 e. The summed E-state index contributed by atoms with van der Waals surface area (Å²) in [6.45, 7) is 4.05. The van der Waals surface area contributed by atoms with Gasteiger partial charge in [0.2, 0.25) is 0 Å². The van der Waals surface area contributed by atoms with Crippen molar-refractivity contribution in [2.24, 2.45) is 0 Å². The second-order valence-corrected chi connectivity index (χ2v) is 7.00. The number of anilines is 1. The number of benzene rings is 2. The molecule has 2 aromatic heterocycles. The standard InChI is InChI=1S/C20H16FN3OS/c1-12-3-8-16(9-13(12)2)22-19(25)18-11-26-20-23-17(10-24(18)20)14-4-6-15(21)7-5-14/h3-11H,1-2H3,(H,22,25). The van der Waals surface area contributed by atoms with E-state index in [2.05, 4.69) is 10.3 Å². The fourth-order valence-electron chi connectivity index (χ4n) is 2.72. The van der Waals surface area contributed by atoms with Crippen molar-refractivity contribution in [3.8, 4) is 11.3 Å². The predicted octanol–water partition coefficient (Wildman–Crippen LogP) is 5.07. The highest BCUT2D eigenvalue weighted by atomic mass is 32.1. The zero-order valence-electron chi connectivity index (χ0n) is 14.3.